The smallest absolute Gasteiger partial charge is 0.165 e. The first-order valence-corrected chi connectivity index (χ1v) is 5.86. The van der Waals surface area contributed by atoms with E-state index in [2.05, 4.69) is 0 Å². The Hall–Kier alpha value is -0.960. The van der Waals surface area contributed by atoms with Crippen molar-refractivity contribution in [3.63, 3.8) is 0 Å². The van der Waals surface area contributed by atoms with Gasteiger partial charge in [-0.1, -0.05) is 12.1 Å². The highest BCUT2D eigenvalue weighted by Crippen LogP contribution is 2.32. The molecule has 0 bridgehead atoms. The lowest BCUT2D eigenvalue weighted by Gasteiger charge is -2.14. The fraction of sp³-hybridized carbons (Fsp3) is 0.500. The molecular weight excluding hydrogens is 231 g/mol. The van der Waals surface area contributed by atoms with Gasteiger partial charge < -0.3 is 9.47 Å². The van der Waals surface area contributed by atoms with Gasteiger partial charge in [-0.15, -0.1) is 11.6 Å². The normalized spacial score (nSPS) is 10.2. The molecule has 1 aromatic carbocycles. The van der Waals surface area contributed by atoms with E-state index in [1.54, 1.807) is 0 Å². The summed E-state index contributed by atoms with van der Waals surface area (Å²) in [5.41, 5.74) is 0.867. The zero-order chi connectivity index (χ0) is 11.8. The second-order valence-electron chi connectivity index (χ2n) is 3.20. The van der Waals surface area contributed by atoms with Gasteiger partial charge in [0.15, 0.2) is 11.5 Å². The van der Waals surface area contributed by atoms with Gasteiger partial charge in [-0.25, -0.2) is 0 Å². The van der Waals surface area contributed by atoms with Crippen molar-refractivity contribution in [1.82, 2.24) is 0 Å². The number of benzene rings is 1. The first-order valence-electron chi connectivity index (χ1n) is 5.32. The maximum absolute atomic E-state index is 12.0. The molecule has 0 atom stereocenters. The number of rotatable bonds is 7. The van der Waals surface area contributed by atoms with Crippen LogP contribution in [0.5, 0.6) is 11.5 Å². The van der Waals surface area contributed by atoms with E-state index < -0.39 is 0 Å². The molecule has 0 aliphatic carbocycles. The van der Waals surface area contributed by atoms with Gasteiger partial charge in [0.2, 0.25) is 0 Å². The van der Waals surface area contributed by atoms with Gasteiger partial charge in [0, 0.05) is 12.0 Å². The average Bonchev–Trinajstić information content (AvgIpc) is 2.31. The molecule has 0 radical (unpaired) electrons. The van der Waals surface area contributed by atoms with E-state index in [9.17, 15) is 4.39 Å². The molecule has 1 aromatic rings. The van der Waals surface area contributed by atoms with Crippen molar-refractivity contribution < 1.29 is 13.9 Å². The monoisotopic (exact) mass is 246 g/mol. The van der Waals surface area contributed by atoms with E-state index in [4.69, 9.17) is 21.1 Å². The SMILES string of the molecule is CCOc1cccc(CCl)c1OCCCF. The molecule has 4 heteroatoms. The van der Waals surface area contributed by atoms with E-state index in [-0.39, 0.29) is 6.67 Å². The Kier molecular flexibility index (Phi) is 6.01. The van der Waals surface area contributed by atoms with Crippen LogP contribution in [-0.4, -0.2) is 19.9 Å². The summed E-state index contributed by atoms with van der Waals surface area (Å²) in [6.45, 7) is 2.42. The van der Waals surface area contributed by atoms with Crippen LogP contribution in [0, 0.1) is 0 Å². The number of halogens is 2. The van der Waals surface area contributed by atoms with Gasteiger partial charge in [0.05, 0.1) is 25.8 Å². The standard InChI is InChI=1S/C12H16ClFO2/c1-2-15-11-6-3-5-10(9-13)12(11)16-8-4-7-14/h3,5-6H,2,4,7-9H2,1H3. The summed E-state index contributed by atoms with van der Waals surface area (Å²) in [6, 6.07) is 5.56. The van der Waals surface area contributed by atoms with Gasteiger partial charge in [-0.3, -0.25) is 4.39 Å². The summed E-state index contributed by atoms with van der Waals surface area (Å²) in [7, 11) is 0. The van der Waals surface area contributed by atoms with Crippen LogP contribution in [0.4, 0.5) is 4.39 Å². The van der Waals surface area contributed by atoms with Crippen molar-refractivity contribution in [2.24, 2.45) is 0 Å². The third-order valence-electron chi connectivity index (χ3n) is 2.03. The van der Waals surface area contributed by atoms with Crippen LogP contribution in [0.1, 0.15) is 18.9 Å². The van der Waals surface area contributed by atoms with Gasteiger partial charge in [0.25, 0.3) is 0 Å². The molecule has 0 saturated carbocycles. The van der Waals surface area contributed by atoms with Gasteiger partial charge >= 0.3 is 0 Å². The molecule has 0 saturated heterocycles. The van der Waals surface area contributed by atoms with E-state index in [0.717, 1.165) is 5.56 Å². The van der Waals surface area contributed by atoms with E-state index in [1.807, 2.05) is 25.1 Å². The van der Waals surface area contributed by atoms with Crippen molar-refractivity contribution in [3.05, 3.63) is 23.8 Å². The first-order chi connectivity index (χ1) is 7.83. The van der Waals surface area contributed by atoms with Gasteiger partial charge in [-0.05, 0) is 13.0 Å². The van der Waals surface area contributed by atoms with Gasteiger partial charge in [0.1, 0.15) is 0 Å². The topological polar surface area (TPSA) is 18.5 Å². The second kappa shape index (κ2) is 7.34. The lowest BCUT2D eigenvalue weighted by Crippen LogP contribution is -2.03. The number of hydrogen-bond donors (Lipinski definition) is 0. The predicted octanol–water partition coefficient (Wildman–Crippen LogP) is 3.56. The minimum absolute atomic E-state index is 0.338. The van der Waals surface area contributed by atoms with E-state index >= 15 is 0 Å². The van der Waals surface area contributed by atoms with Crippen molar-refractivity contribution in [2.75, 3.05) is 19.9 Å². The Morgan fingerprint density at radius 2 is 2.12 bits per heavy atom. The maximum Gasteiger partial charge on any atom is 0.165 e. The molecular formula is C12H16ClFO2. The molecule has 0 N–H and O–H groups in total. The quantitative estimate of drug-likeness (QED) is 0.541. The molecule has 0 aliphatic rings. The van der Waals surface area contributed by atoms with Crippen LogP contribution < -0.4 is 9.47 Å². The fourth-order valence-corrected chi connectivity index (χ4v) is 1.54. The van der Waals surface area contributed by atoms with E-state index in [0.29, 0.717) is 37.0 Å². The second-order valence-corrected chi connectivity index (χ2v) is 3.47. The van der Waals surface area contributed by atoms with Crippen LogP contribution in [0.15, 0.2) is 18.2 Å². The molecule has 0 aliphatic heterocycles. The number of hydrogen-bond acceptors (Lipinski definition) is 2. The molecule has 0 aromatic heterocycles. The molecule has 0 spiro atoms. The number of ether oxygens (including phenoxy) is 2. The highest BCUT2D eigenvalue weighted by molar-refractivity contribution is 6.17. The summed E-state index contributed by atoms with van der Waals surface area (Å²) in [6.07, 6.45) is 0.377. The zero-order valence-electron chi connectivity index (χ0n) is 9.34. The Morgan fingerprint density at radius 3 is 2.75 bits per heavy atom. The number of para-hydroxylation sites is 1. The zero-order valence-corrected chi connectivity index (χ0v) is 10.1. The molecule has 0 heterocycles. The van der Waals surface area contributed by atoms with Crippen LogP contribution in [0.25, 0.3) is 0 Å². The molecule has 2 nitrogen and oxygen atoms in total. The Balaban J connectivity index is 2.81. The lowest BCUT2D eigenvalue weighted by atomic mass is 10.2. The highest BCUT2D eigenvalue weighted by atomic mass is 35.5. The summed E-state index contributed by atoms with van der Waals surface area (Å²) >= 11 is 5.81. The summed E-state index contributed by atoms with van der Waals surface area (Å²) in [5, 5.41) is 0. The molecule has 0 fully saturated rings. The highest BCUT2D eigenvalue weighted by Gasteiger charge is 2.09. The summed E-state index contributed by atoms with van der Waals surface area (Å²) in [5.74, 6) is 1.65. The molecule has 1 rings (SSSR count). The Bertz CT molecular complexity index is 318. The molecule has 0 amide bonds. The van der Waals surface area contributed by atoms with Crippen molar-refractivity contribution in [3.8, 4) is 11.5 Å². The summed E-state index contributed by atoms with van der Waals surface area (Å²) in [4.78, 5) is 0. The third kappa shape index (κ3) is 3.56. The largest absolute Gasteiger partial charge is 0.490 e. The molecule has 0 unspecified atom stereocenters. The minimum atomic E-state index is -0.382. The van der Waals surface area contributed by atoms with Crippen LogP contribution in [0.3, 0.4) is 0 Å². The third-order valence-corrected chi connectivity index (χ3v) is 2.32. The lowest BCUT2D eigenvalue weighted by molar-refractivity contribution is 0.261. The Labute approximate surface area is 100 Å². The Morgan fingerprint density at radius 1 is 1.31 bits per heavy atom. The van der Waals surface area contributed by atoms with Crippen LogP contribution in [-0.2, 0) is 5.88 Å². The average molecular weight is 247 g/mol. The predicted molar refractivity (Wildman–Crippen MR) is 63.3 cm³/mol. The van der Waals surface area contributed by atoms with E-state index in [1.165, 1.54) is 0 Å². The van der Waals surface area contributed by atoms with Gasteiger partial charge in [-0.2, -0.15) is 0 Å². The molecule has 16 heavy (non-hydrogen) atoms. The summed E-state index contributed by atoms with van der Waals surface area (Å²) < 4.78 is 22.9. The minimum Gasteiger partial charge on any atom is -0.490 e. The maximum atomic E-state index is 12.0. The van der Waals surface area contributed by atoms with Crippen molar-refractivity contribution in [2.45, 2.75) is 19.2 Å². The fourth-order valence-electron chi connectivity index (χ4n) is 1.33. The van der Waals surface area contributed by atoms with Crippen LogP contribution >= 0.6 is 11.6 Å². The number of alkyl halides is 2. The van der Waals surface area contributed by atoms with Crippen molar-refractivity contribution in [1.29, 1.82) is 0 Å². The van der Waals surface area contributed by atoms with Crippen molar-refractivity contribution >= 4 is 11.6 Å². The first kappa shape index (κ1) is 13.1. The molecule has 90 valence electrons. The van der Waals surface area contributed by atoms with Crippen LogP contribution in [0.2, 0.25) is 0 Å².